The van der Waals surface area contributed by atoms with Gasteiger partial charge in [0.05, 0.1) is 5.02 Å². The van der Waals surface area contributed by atoms with Crippen LogP contribution in [0.15, 0.2) is 18.2 Å². The van der Waals surface area contributed by atoms with Crippen LogP contribution in [0, 0.1) is 0 Å². The summed E-state index contributed by atoms with van der Waals surface area (Å²) < 4.78 is 10.9. The SMILES string of the molecule is CN(C)C(=O)C=Cc1cc(Cl)c2c(c1)OCCO2. The highest BCUT2D eigenvalue weighted by Gasteiger charge is 2.15. The molecular weight excluding hydrogens is 254 g/mol. The third-order valence-electron chi connectivity index (χ3n) is 2.48. The Hall–Kier alpha value is -1.68. The molecule has 0 spiro atoms. The Bertz CT molecular complexity index is 497. The monoisotopic (exact) mass is 267 g/mol. The van der Waals surface area contributed by atoms with E-state index >= 15 is 0 Å². The fourth-order valence-electron chi connectivity index (χ4n) is 1.54. The molecule has 0 N–H and O–H groups in total. The first-order valence-corrected chi connectivity index (χ1v) is 5.94. The van der Waals surface area contributed by atoms with E-state index in [9.17, 15) is 4.79 Å². The molecule has 2 rings (SSSR count). The third kappa shape index (κ3) is 2.76. The van der Waals surface area contributed by atoms with Crippen molar-refractivity contribution < 1.29 is 14.3 Å². The van der Waals surface area contributed by atoms with Gasteiger partial charge in [-0.1, -0.05) is 11.6 Å². The predicted octanol–water partition coefficient (Wildman–Crippen LogP) is 2.21. The van der Waals surface area contributed by atoms with Gasteiger partial charge in [0.2, 0.25) is 5.91 Å². The van der Waals surface area contributed by atoms with Crippen LogP contribution in [-0.2, 0) is 4.79 Å². The van der Waals surface area contributed by atoms with Crippen LogP contribution in [0.25, 0.3) is 6.08 Å². The molecule has 0 radical (unpaired) electrons. The molecule has 0 unspecified atom stereocenters. The van der Waals surface area contributed by atoms with E-state index in [-0.39, 0.29) is 5.91 Å². The molecule has 0 saturated carbocycles. The molecule has 0 aromatic heterocycles. The summed E-state index contributed by atoms with van der Waals surface area (Å²) in [6.45, 7) is 1.01. The van der Waals surface area contributed by atoms with Crippen molar-refractivity contribution in [3.63, 3.8) is 0 Å². The van der Waals surface area contributed by atoms with Crippen LogP contribution in [0.3, 0.4) is 0 Å². The highest BCUT2D eigenvalue weighted by Crippen LogP contribution is 2.38. The Morgan fingerprint density at radius 1 is 1.33 bits per heavy atom. The van der Waals surface area contributed by atoms with Gasteiger partial charge >= 0.3 is 0 Å². The summed E-state index contributed by atoms with van der Waals surface area (Å²) >= 11 is 6.09. The van der Waals surface area contributed by atoms with Gasteiger partial charge in [-0.25, -0.2) is 0 Å². The van der Waals surface area contributed by atoms with E-state index in [1.54, 1.807) is 32.3 Å². The zero-order valence-electron chi connectivity index (χ0n) is 10.3. The lowest BCUT2D eigenvalue weighted by Crippen LogP contribution is -2.18. The van der Waals surface area contributed by atoms with Crippen molar-refractivity contribution >= 4 is 23.6 Å². The number of carbonyl (C=O) groups is 1. The smallest absolute Gasteiger partial charge is 0.246 e. The average Bonchev–Trinajstić information content (AvgIpc) is 2.36. The molecule has 5 heteroatoms. The molecule has 18 heavy (non-hydrogen) atoms. The number of fused-ring (bicyclic) bond motifs is 1. The fourth-order valence-corrected chi connectivity index (χ4v) is 1.82. The number of hydrogen-bond donors (Lipinski definition) is 0. The molecule has 1 amide bonds. The minimum absolute atomic E-state index is 0.0824. The van der Waals surface area contributed by atoms with Gasteiger partial charge < -0.3 is 14.4 Å². The number of likely N-dealkylation sites (N-methyl/N-ethyl adjacent to an activating group) is 1. The number of hydrogen-bond acceptors (Lipinski definition) is 3. The molecule has 1 aliphatic heterocycles. The van der Waals surface area contributed by atoms with E-state index in [0.29, 0.717) is 29.7 Å². The van der Waals surface area contributed by atoms with Crippen LogP contribution in [0.4, 0.5) is 0 Å². The number of halogens is 1. The molecule has 0 aliphatic carbocycles. The number of carbonyl (C=O) groups excluding carboxylic acids is 1. The van der Waals surface area contributed by atoms with Gasteiger partial charge in [0.15, 0.2) is 11.5 Å². The van der Waals surface area contributed by atoms with Crippen LogP contribution in [-0.4, -0.2) is 38.1 Å². The zero-order valence-corrected chi connectivity index (χ0v) is 11.0. The van der Waals surface area contributed by atoms with Gasteiger partial charge in [0, 0.05) is 20.2 Å². The molecule has 96 valence electrons. The van der Waals surface area contributed by atoms with Crippen molar-refractivity contribution in [2.45, 2.75) is 0 Å². The van der Waals surface area contributed by atoms with E-state index in [1.165, 1.54) is 11.0 Å². The summed E-state index contributed by atoms with van der Waals surface area (Å²) in [5, 5.41) is 0.490. The van der Waals surface area contributed by atoms with Crippen LogP contribution in [0.2, 0.25) is 5.02 Å². The van der Waals surface area contributed by atoms with E-state index < -0.39 is 0 Å². The molecule has 1 aliphatic rings. The average molecular weight is 268 g/mol. The van der Waals surface area contributed by atoms with E-state index in [1.807, 2.05) is 0 Å². The molecule has 1 aromatic rings. The normalized spacial score (nSPS) is 13.7. The number of ether oxygens (including phenoxy) is 2. The number of benzene rings is 1. The molecule has 0 bridgehead atoms. The Labute approximate surface area is 111 Å². The minimum Gasteiger partial charge on any atom is -0.486 e. The highest BCUT2D eigenvalue weighted by molar-refractivity contribution is 6.32. The van der Waals surface area contributed by atoms with Crippen molar-refractivity contribution in [3.8, 4) is 11.5 Å². The maximum absolute atomic E-state index is 11.4. The summed E-state index contributed by atoms with van der Waals surface area (Å²) in [5.74, 6) is 1.10. The maximum Gasteiger partial charge on any atom is 0.246 e. The van der Waals surface area contributed by atoms with E-state index in [2.05, 4.69) is 0 Å². The molecule has 0 atom stereocenters. The minimum atomic E-state index is -0.0824. The fraction of sp³-hybridized carbons (Fsp3) is 0.308. The largest absolute Gasteiger partial charge is 0.486 e. The Morgan fingerprint density at radius 3 is 2.78 bits per heavy atom. The van der Waals surface area contributed by atoms with E-state index in [0.717, 1.165) is 5.56 Å². The lowest BCUT2D eigenvalue weighted by atomic mass is 10.1. The van der Waals surface area contributed by atoms with Crippen molar-refractivity contribution in [1.82, 2.24) is 4.90 Å². The number of amides is 1. The van der Waals surface area contributed by atoms with Gasteiger partial charge in [-0.2, -0.15) is 0 Å². The number of rotatable bonds is 2. The maximum atomic E-state index is 11.4. The van der Waals surface area contributed by atoms with Gasteiger partial charge in [-0.3, -0.25) is 4.79 Å². The molecule has 4 nitrogen and oxygen atoms in total. The summed E-state index contributed by atoms with van der Waals surface area (Å²) in [6, 6.07) is 3.55. The lowest BCUT2D eigenvalue weighted by Gasteiger charge is -2.19. The third-order valence-corrected chi connectivity index (χ3v) is 2.76. The van der Waals surface area contributed by atoms with Crippen LogP contribution >= 0.6 is 11.6 Å². The van der Waals surface area contributed by atoms with Gasteiger partial charge in [0.1, 0.15) is 13.2 Å². The second kappa shape index (κ2) is 5.31. The summed E-state index contributed by atoms with van der Waals surface area (Å²) in [5.41, 5.74) is 0.805. The topological polar surface area (TPSA) is 38.8 Å². The summed E-state index contributed by atoms with van der Waals surface area (Å²) in [4.78, 5) is 12.9. The molecule has 1 heterocycles. The van der Waals surface area contributed by atoms with E-state index in [4.69, 9.17) is 21.1 Å². The molecule has 0 saturated heterocycles. The van der Waals surface area contributed by atoms with Crippen molar-refractivity contribution in [1.29, 1.82) is 0 Å². The van der Waals surface area contributed by atoms with Gasteiger partial charge in [-0.05, 0) is 23.8 Å². The zero-order chi connectivity index (χ0) is 13.1. The lowest BCUT2D eigenvalue weighted by molar-refractivity contribution is -0.123. The van der Waals surface area contributed by atoms with Gasteiger partial charge in [-0.15, -0.1) is 0 Å². The standard InChI is InChI=1S/C13H14ClNO3/c1-15(2)12(16)4-3-9-7-10(14)13-11(8-9)17-5-6-18-13/h3-4,7-8H,5-6H2,1-2H3. The van der Waals surface area contributed by atoms with Crippen molar-refractivity contribution in [2.75, 3.05) is 27.3 Å². The molecule has 1 aromatic carbocycles. The van der Waals surface area contributed by atoms with Crippen molar-refractivity contribution in [3.05, 3.63) is 28.8 Å². The number of nitrogens with zero attached hydrogens (tertiary/aromatic N) is 1. The van der Waals surface area contributed by atoms with Crippen LogP contribution < -0.4 is 9.47 Å². The highest BCUT2D eigenvalue weighted by atomic mass is 35.5. The Kier molecular flexibility index (Phi) is 3.77. The first-order chi connectivity index (χ1) is 8.58. The first-order valence-electron chi connectivity index (χ1n) is 5.56. The summed E-state index contributed by atoms with van der Waals surface area (Å²) in [6.07, 6.45) is 3.19. The first kappa shape index (κ1) is 12.8. The van der Waals surface area contributed by atoms with Gasteiger partial charge in [0.25, 0.3) is 0 Å². The second-order valence-electron chi connectivity index (χ2n) is 4.09. The van der Waals surface area contributed by atoms with Crippen LogP contribution in [0.5, 0.6) is 11.5 Å². The molecule has 0 fully saturated rings. The predicted molar refractivity (Wildman–Crippen MR) is 70.2 cm³/mol. The quantitative estimate of drug-likeness (QED) is 0.771. The Morgan fingerprint density at radius 2 is 2.06 bits per heavy atom. The Balaban J connectivity index is 2.25. The van der Waals surface area contributed by atoms with Crippen LogP contribution in [0.1, 0.15) is 5.56 Å². The van der Waals surface area contributed by atoms with Crippen molar-refractivity contribution in [2.24, 2.45) is 0 Å². The molecular formula is C13H14ClNO3. The summed E-state index contributed by atoms with van der Waals surface area (Å²) in [7, 11) is 3.40. The second-order valence-corrected chi connectivity index (χ2v) is 4.50.